The van der Waals surface area contributed by atoms with Gasteiger partial charge in [-0.05, 0) is 33.6 Å². The predicted octanol–water partition coefficient (Wildman–Crippen LogP) is 0.871. The lowest BCUT2D eigenvalue weighted by molar-refractivity contribution is 0.295. The smallest absolute Gasteiger partial charge is 0.277 e. The summed E-state index contributed by atoms with van der Waals surface area (Å²) in [7, 11) is -3.46. The van der Waals surface area contributed by atoms with Crippen molar-refractivity contribution in [3.63, 3.8) is 0 Å². The molecule has 0 bridgehead atoms. The van der Waals surface area contributed by atoms with Gasteiger partial charge in [0.1, 0.15) is 0 Å². The normalized spacial score (nSPS) is 21.4. The molecule has 17 heavy (non-hydrogen) atoms. The van der Waals surface area contributed by atoms with E-state index in [1.54, 1.807) is 0 Å². The largest absolute Gasteiger partial charge is 0.324 e. The molecule has 5 nitrogen and oxygen atoms in total. The van der Waals surface area contributed by atoms with Gasteiger partial charge >= 0.3 is 0 Å². The van der Waals surface area contributed by atoms with Gasteiger partial charge < -0.3 is 5.73 Å². The van der Waals surface area contributed by atoms with Crippen molar-refractivity contribution < 1.29 is 8.42 Å². The zero-order chi connectivity index (χ0) is 13.2. The molecule has 0 radical (unpaired) electrons. The van der Waals surface area contributed by atoms with Crippen LogP contribution in [0, 0.1) is 0 Å². The molecule has 0 saturated heterocycles. The second kappa shape index (κ2) is 5.22. The third kappa shape index (κ3) is 5.81. The van der Waals surface area contributed by atoms with Gasteiger partial charge in [-0.15, -0.1) is 0 Å². The maximum atomic E-state index is 11.8. The number of nitrogens with one attached hydrogen (secondary N) is 2. The molecule has 1 saturated carbocycles. The fraction of sp³-hybridized carbons (Fsp3) is 1.00. The van der Waals surface area contributed by atoms with Crippen LogP contribution >= 0.6 is 0 Å². The number of hydrogen-bond donors (Lipinski definition) is 3. The Balaban J connectivity index is 2.49. The van der Waals surface area contributed by atoms with E-state index in [0.29, 0.717) is 6.54 Å². The van der Waals surface area contributed by atoms with Gasteiger partial charge in [-0.25, -0.2) is 4.72 Å². The maximum Gasteiger partial charge on any atom is 0.277 e. The number of hydrogen-bond acceptors (Lipinski definition) is 3. The van der Waals surface area contributed by atoms with Crippen molar-refractivity contribution in [2.45, 2.75) is 64.0 Å². The highest BCUT2D eigenvalue weighted by atomic mass is 32.2. The van der Waals surface area contributed by atoms with Gasteiger partial charge in [-0.2, -0.15) is 13.1 Å². The third-order valence-corrected chi connectivity index (χ3v) is 4.31. The molecule has 1 aliphatic carbocycles. The highest BCUT2D eigenvalue weighted by molar-refractivity contribution is 7.87. The second-order valence-electron chi connectivity index (χ2n) is 6.10. The van der Waals surface area contributed by atoms with Gasteiger partial charge in [0.25, 0.3) is 10.2 Å². The summed E-state index contributed by atoms with van der Waals surface area (Å²) < 4.78 is 28.6. The van der Waals surface area contributed by atoms with Crippen molar-refractivity contribution in [1.82, 2.24) is 9.44 Å². The summed E-state index contributed by atoms with van der Waals surface area (Å²) in [6, 6.07) is 0. The van der Waals surface area contributed by atoms with E-state index in [0.717, 1.165) is 25.7 Å². The summed E-state index contributed by atoms with van der Waals surface area (Å²) in [5, 5.41) is 0. The van der Waals surface area contributed by atoms with Crippen molar-refractivity contribution in [3.05, 3.63) is 0 Å². The van der Waals surface area contributed by atoms with Crippen molar-refractivity contribution >= 4 is 10.2 Å². The molecule has 4 N–H and O–H groups in total. The molecule has 1 aliphatic rings. The molecule has 0 spiro atoms. The summed E-state index contributed by atoms with van der Waals surface area (Å²) >= 11 is 0. The highest BCUT2D eigenvalue weighted by Crippen LogP contribution is 2.25. The van der Waals surface area contributed by atoms with E-state index in [9.17, 15) is 8.42 Å². The van der Waals surface area contributed by atoms with Crippen LogP contribution in [-0.4, -0.2) is 26.0 Å². The van der Waals surface area contributed by atoms with E-state index in [-0.39, 0.29) is 5.54 Å². The molecule has 0 aromatic heterocycles. The van der Waals surface area contributed by atoms with Gasteiger partial charge in [-0.3, -0.25) is 0 Å². The Morgan fingerprint density at radius 2 is 1.71 bits per heavy atom. The summed E-state index contributed by atoms with van der Waals surface area (Å²) in [4.78, 5) is 0. The molecule has 0 heterocycles. The molecular weight excluding hydrogens is 238 g/mol. The molecule has 0 aliphatic heterocycles. The summed E-state index contributed by atoms with van der Waals surface area (Å²) in [6.07, 6.45) is 5.16. The van der Waals surface area contributed by atoms with Crippen LogP contribution in [0.2, 0.25) is 0 Å². The van der Waals surface area contributed by atoms with Crippen LogP contribution in [0.1, 0.15) is 52.9 Å². The Morgan fingerprint density at radius 3 is 2.18 bits per heavy atom. The van der Waals surface area contributed by atoms with E-state index >= 15 is 0 Å². The average Bonchev–Trinajstić information content (AvgIpc) is 2.13. The zero-order valence-electron chi connectivity index (χ0n) is 11.0. The summed E-state index contributed by atoms with van der Waals surface area (Å²) in [5.74, 6) is 0. The van der Waals surface area contributed by atoms with Crippen LogP contribution < -0.4 is 15.2 Å². The molecule has 0 aromatic carbocycles. The predicted molar refractivity (Wildman–Crippen MR) is 69.8 cm³/mol. The molecule has 0 unspecified atom stereocenters. The first-order valence-corrected chi connectivity index (χ1v) is 7.68. The number of nitrogens with two attached hydrogens (primary N) is 1. The standard InChI is InChI=1S/C11H25N3O2S/c1-10(2,3)14-17(15,16)13-9-11(12)7-5-4-6-8-11/h13-14H,4-9,12H2,1-3H3. The van der Waals surface area contributed by atoms with Crippen LogP contribution in [-0.2, 0) is 10.2 Å². The Morgan fingerprint density at radius 1 is 1.18 bits per heavy atom. The Kier molecular flexibility index (Phi) is 4.57. The SMILES string of the molecule is CC(C)(C)NS(=O)(=O)NCC1(N)CCCCC1. The quantitative estimate of drug-likeness (QED) is 0.703. The van der Waals surface area contributed by atoms with Gasteiger partial charge in [0, 0.05) is 17.6 Å². The second-order valence-corrected chi connectivity index (χ2v) is 7.60. The fourth-order valence-electron chi connectivity index (χ4n) is 2.11. The minimum absolute atomic E-state index is 0.318. The lowest BCUT2D eigenvalue weighted by atomic mass is 9.83. The first kappa shape index (κ1) is 14.9. The molecule has 0 atom stereocenters. The van der Waals surface area contributed by atoms with Crippen LogP contribution in [0.3, 0.4) is 0 Å². The first-order chi connectivity index (χ1) is 7.62. The molecule has 6 heteroatoms. The van der Waals surface area contributed by atoms with Crippen molar-refractivity contribution in [2.24, 2.45) is 5.73 Å². The van der Waals surface area contributed by atoms with Crippen LogP contribution in [0.25, 0.3) is 0 Å². The Hall–Kier alpha value is -0.170. The molecule has 1 rings (SSSR count). The van der Waals surface area contributed by atoms with E-state index in [1.807, 2.05) is 20.8 Å². The topological polar surface area (TPSA) is 84.2 Å². The molecule has 0 amide bonds. The molecule has 102 valence electrons. The van der Waals surface area contributed by atoms with E-state index in [2.05, 4.69) is 9.44 Å². The fourth-order valence-corrected chi connectivity index (χ4v) is 3.47. The average molecular weight is 263 g/mol. The van der Waals surface area contributed by atoms with E-state index in [4.69, 9.17) is 5.73 Å². The van der Waals surface area contributed by atoms with Crippen LogP contribution in [0.4, 0.5) is 0 Å². The zero-order valence-corrected chi connectivity index (χ0v) is 11.9. The van der Waals surface area contributed by atoms with E-state index in [1.165, 1.54) is 6.42 Å². The minimum Gasteiger partial charge on any atom is -0.324 e. The van der Waals surface area contributed by atoms with Crippen LogP contribution in [0.15, 0.2) is 0 Å². The van der Waals surface area contributed by atoms with Gasteiger partial charge in [0.05, 0.1) is 0 Å². The Bertz CT molecular complexity index is 340. The lowest BCUT2D eigenvalue weighted by Crippen LogP contribution is -2.55. The molecule has 0 aromatic rings. The maximum absolute atomic E-state index is 11.8. The van der Waals surface area contributed by atoms with Gasteiger partial charge in [0.15, 0.2) is 0 Å². The van der Waals surface area contributed by atoms with Gasteiger partial charge in [0.2, 0.25) is 0 Å². The minimum atomic E-state index is -3.46. The Labute approximate surface area is 105 Å². The molecular formula is C11H25N3O2S. The van der Waals surface area contributed by atoms with Crippen LogP contribution in [0.5, 0.6) is 0 Å². The van der Waals surface area contributed by atoms with Gasteiger partial charge in [-0.1, -0.05) is 19.3 Å². The summed E-state index contributed by atoms with van der Waals surface area (Å²) in [6.45, 7) is 5.75. The lowest BCUT2D eigenvalue weighted by Gasteiger charge is -2.33. The summed E-state index contributed by atoms with van der Waals surface area (Å²) in [5.41, 5.74) is 5.33. The van der Waals surface area contributed by atoms with Crippen molar-refractivity contribution in [2.75, 3.05) is 6.54 Å². The van der Waals surface area contributed by atoms with Crippen molar-refractivity contribution in [3.8, 4) is 0 Å². The first-order valence-electron chi connectivity index (χ1n) is 6.19. The third-order valence-electron chi connectivity index (χ3n) is 2.90. The van der Waals surface area contributed by atoms with E-state index < -0.39 is 15.7 Å². The van der Waals surface area contributed by atoms with Crippen molar-refractivity contribution in [1.29, 1.82) is 0 Å². The monoisotopic (exact) mass is 263 g/mol. The number of rotatable bonds is 4. The highest BCUT2D eigenvalue weighted by Gasteiger charge is 2.29. The molecule has 1 fully saturated rings.